The van der Waals surface area contributed by atoms with Crippen LogP contribution in [-0.4, -0.2) is 30.0 Å². The largest absolute Gasteiger partial charge is 0.493 e. The number of hydrogen-bond acceptors (Lipinski definition) is 5. The lowest BCUT2D eigenvalue weighted by Crippen LogP contribution is -2.25. The van der Waals surface area contributed by atoms with Crippen LogP contribution in [0.15, 0.2) is 76.3 Å². The highest BCUT2D eigenvalue weighted by molar-refractivity contribution is 8.14. The normalized spacial score (nSPS) is 14.0. The number of benzene rings is 3. The maximum atomic E-state index is 12.5. The van der Waals surface area contributed by atoms with Gasteiger partial charge >= 0.3 is 0 Å². The van der Waals surface area contributed by atoms with E-state index in [0.717, 1.165) is 45.5 Å². The number of nitrogens with zero attached hydrogens (tertiary/aromatic N) is 1. The Morgan fingerprint density at radius 3 is 2.82 bits per heavy atom. The molecule has 1 amide bonds. The van der Waals surface area contributed by atoms with Crippen LogP contribution in [0.3, 0.4) is 0 Å². The van der Waals surface area contributed by atoms with Gasteiger partial charge in [-0.1, -0.05) is 48.2 Å². The van der Waals surface area contributed by atoms with Gasteiger partial charge in [0.1, 0.15) is 11.3 Å². The molecule has 0 saturated carbocycles. The Kier molecular flexibility index (Phi) is 5.92. The van der Waals surface area contributed by atoms with Crippen LogP contribution in [0.5, 0.6) is 5.75 Å². The number of carbonyl (C=O) groups is 1. The van der Waals surface area contributed by atoms with Crippen molar-refractivity contribution in [2.75, 3.05) is 18.9 Å². The van der Waals surface area contributed by atoms with Gasteiger partial charge in [0.05, 0.1) is 19.4 Å². The highest BCUT2D eigenvalue weighted by atomic mass is 32.2. The number of allylic oxidation sites excluding steroid dienone is 1. The second kappa shape index (κ2) is 9.16. The van der Waals surface area contributed by atoms with E-state index in [1.165, 1.54) is 10.8 Å². The summed E-state index contributed by atoms with van der Waals surface area (Å²) in [6, 6.07) is 18.7. The zero-order chi connectivity index (χ0) is 22.8. The van der Waals surface area contributed by atoms with Crippen molar-refractivity contribution in [1.82, 2.24) is 5.32 Å². The summed E-state index contributed by atoms with van der Waals surface area (Å²) >= 11 is 1.56. The van der Waals surface area contributed by atoms with Crippen molar-refractivity contribution >= 4 is 50.2 Å². The van der Waals surface area contributed by atoms with Crippen molar-refractivity contribution in [3.8, 4) is 16.9 Å². The van der Waals surface area contributed by atoms with E-state index in [-0.39, 0.29) is 5.91 Å². The van der Waals surface area contributed by atoms with Gasteiger partial charge in [0.25, 0.3) is 0 Å². The molecule has 0 unspecified atom stereocenters. The van der Waals surface area contributed by atoms with Crippen molar-refractivity contribution in [2.24, 2.45) is 4.99 Å². The van der Waals surface area contributed by atoms with Crippen LogP contribution in [0, 0.1) is 0 Å². The zero-order valence-corrected chi connectivity index (χ0v) is 19.4. The second-order valence-corrected chi connectivity index (χ2v) is 8.92. The molecule has 0 radical (unpaired) electrons. The summed E-state index contributed by atoms with van der Waals surface area (Å²) in [6.45, 7) is 5.12. The number of aliphatic imine (C=N–C) groups is 1. The number of hydrogen-bond donors (Lipinski definition) is 1. The summed E-state index contributed by atoms with van der Waals surface area (Å²) in [5.41, 5.74) is 4.52. The van der Waals surface area contributed by atoms with Crippen LogP contribution in [0.25, 0.3) is 38.4 Å². The Labute approximate surface area is 196 Å². The summed E-state index contributed by atoms with van der Waals surface area (Å²) < 4.78 is 11.8. The van der Waals surface area contributed by atoms with Gasteiger partial charge < -0.3 is 14.5 Å². The molecule has 4 aromatic rings. The van der Waals surface area contributed by atoms with Crippen molar-refractivity contribution in [1.29, 1.82) is 0 Å². The number of nitrogens with one attached hydrogen (secondary N) is 1. The fraction of sp³-hybridized carbons (Fsp3) is 0.185. The van der Waals surface area contributed by atoms with Gasteiger partial charge in [-0.3, -0.25) is 9.79 Å². The molecule has 6 heteroatoms. The van der Waals surface area contributed by atoms with E-state index in [1.54, 1.807) is 24.1 Å². The van der Waals surface area contributed by atoms with Gasteiger partial charge in [0.15, 0.2) is 5.17 Å². The summed E-state index contributed by atoms with van der Waals surface area (Å²) in [5.74, 6) is 1.41. The predicted molar refractivity (Wildman–Crippen MR) is 137 cm³/mol. The van der Waals surface area contributed by atoms with Crippen LogP contribution < -0.4 is 10.1 Å². The molecule has 2 heterocycles. The summed E-state index contributed by atoms with van der Waals surface area (Å²) in [5, 5.41) is 6.89. The second-order valence-electron chi connectivity index (χ2n) is 7.84. The molecule has 1 N–H and O–H groups in total. The molecule has 1 aliphatic heterocycles. The Balaban J connectivity index is 1.56. The maximum absolute atomic E-state index is 12.5. The van der Waals surface area contributed by atoms with E-state index < -0.39 is 0 Å². The smallest absolute Gasteiger partial charge is 0.250 e. The minimum absolute atomic E-state index is 0.190. The fourth-order valence-corrected chi connectivity index (χ4v) is 4.78. The summed E-state index contributed by atoms with van der Waals surface area (Å²) in [6.07, 6.45) is 3.39. The highest BCUT2D eigenvalue weighted by Crippen LogP contribution is 2.38. The van der Waals surface area contributed by atoms with E-state index in [1.807, 2.05) is 32.0 Å². The molecular formula is C27H24N2O3S. The molecule has 1 aromatic heterocycles. The SMILES string of the molecule is CCOc1cc2occ(-c3ccc4ccccc4c3)c2cc1/C(C)=C/C(=O)NC1=NCCS1. The Morgan fingerprint density at radius 1 is 1.18 bits per heavy atom. The summed E-state index contributed by atoms with van der Waals surface area (Å²) in [4.78, 5) is 16.8. The number of ether oxygens (including phenoxy) is 1. The van der Waals surface area contributed by atoms with Gasteiger partial charge in [-0.2, -0.15) is 0 Å². The van der Waals surface area contributed by atoms with E-state index >= 15 is 0 Å². The molecule has 5 nitrogen and oxygen atoms in total. The number of thioether (sulfide) groups is 1. The zero-order valence-electron chi connectivity index (χ0n) is 18.6. The van der Waals surface area contributed by atoms with Gasteiger partial charge in [-0.05, 0) is 47.9 Å². The number of furan rings is 1. The van der Waals surface area contributed by atoms with Crippen LogP contribution in [0.1, 0.15) is 19.4 Å². The Bertz CT molecular complexity index is 1420. The Morgan fingerprint density at radius 2 is 2.03 bits per heavy atom. The quantitative estimate of drug-likeness (QED) is 0.359. The molecule has 166 valence electrons. The highest BCUT2D eigenvalue weighted by Gasteiger charge is 2.16. The molecule has 33 heavy (non-hydrogen) atoms. The number of amidine groups is 1. The molecule has 3 aromatic carbocycles. The lowest BCUT2D eigenvalue weighted by molar-refractivity contribution is -0.115. The average Bonchev–Trinajstić information content (AvgIpc) is 3.48. The first-order chi connectivity index (χ1) is 16.1. The first-order valence-corrected chi connectivity index (χ1v) is 11.9. The molecule has 0 saturated heterocycles. The number of rotatable bonds is 5. The monoisotopic (exact) mass is 456 g/mol. The molecular weight excluding hydrogens is 432 g/mol. The van der Waals surface area contributed by atoms with E-state index in [0.29, 0.717) is 17.5 Å². The molecule has 0 spiro atoms. The fourth-order valence-electron chi connectivity index (χ4n) is 4.05. The lowest BCUT2D eigenvalue weighted by Gasteiger charge is -2.12. The van der Waals surface area contributed by atoms with Crippen molar-refractivity contribution in [3.63, 3.8) is 0 Å². The van der Waals surface area contributed by atoms with Crippen LogP contribution >= 0.6 is 11.8 Å². The third kappa shape index (κ3) is 4.39. The molecule has 5 rings (SSSR count). The average molecular weight is 457 g/mol. The third-order valence-electron chi connectivity index (χ3n) is 5.62. The molecule has 1 aliphatic rings. The van der Waals surface area contributed by atoms with E-state index in [2.05, 4.69) is 46.7 Å². The number of amides is 1. The summed E-state index contributed by atoms with van der Waals surface area (Å²) in [7, 11) is 0. The van der Waals surface area contributed by atoms with Crippen LogP contribution in [0.2, 0.25) is 0 Å². The minimum atomic E-state index is -0.190. The molecule has 0 atom stereocenters. The van der Waals surface area contributed by atoms with Crippen LogP contribution in [-0.2, 0) is 4.79 Å². The maximum Gasteiger partial charge on any atom is 0.250 e. The van der Waals surface area contributed by atoms with Crippen LogP contribution in [0.4, 0.5) is 0 Å². The van der Waals surface area contributed by atoms with Gasteiger partial charge in [0.2, 0.25) is 5.91 Å². The third-order valence-corrected chi connectivity index (χ3v) is 6.52. The lowest BCUT2D eigenvalue weighted by atomic mass is 9.97. The van der Waals surface area contributed by atoms with E-state index in [4.69, 9.17) is 9.15 Å². The van der Waals surface area contributed by atoms with Gasteiger partial charge in [0, 0.05) is 34.4 Å². The number of fused-ring (bicyclic) bond motifs is 2. The Hall–Kier alpha value is -3.51. The van der Waals surface area contributed by atoms with E-state index in [9.17, 15) is 4.79 Å². The number of carbonyl (C=O) groups excluding carboxylic acids is 1. The van der Waals surface area contributed by atoms with Crippen molar-refractivity contribution in [2.45, 2.75) is 13.8 Å². The van der Waals surface area contributed by atoms with Gasteiger partial charge in [-0.15, -0.1) is 0 Å². The topological polar surface area (TPSA) is 63.8 Å². The molecule has 0 bridgehead atoms. The first kappa shape index (κ1) is 21.3. The molecule has 0 aliphatic carbocycles. The van der Waals surface area contributed by atoms with Crippen molar-refractivity contribution in [3.05, 3.63) is 72.5 Å². The molecule has 0 fully saturated rings. The minimum Gasteiger partial charge on any atom is -0.493 e. The van der Waals surface area contributed by atoms with Crippen molar-refractivity contribution < 1.29 is 13.9 Å². The van der Waals surface area contributed by atoms with Gasteiger partial charge in [-0.25, -0.2) is 0 Å². The first-order valence-electron chi connectivity index (χ1n) is 11.0. The predicted octanol–water partition coefficient (Wildman–Crippen LogP) is 6.27. The standard InChI is InChI=1S/C27H24N2O3S/c1-3-31-24-15-25-22(14-21(24)17(2)12-26(30)29-27-28-10-11-33-27)23(16-32-25)20-9-8-18-6-4-5-7-19(18)13-20/h4-9,12-16H,3,10-11H2,1-2H3,(H,28,29,30)/b17-12+.